The number of fused-ring (bicyclic) bond motifs is 3. The van der Waals surface area contributed by atoms with E-state index < -0.39 is 98.3 Å². The van der Waals surface area contributed by atoms with Crippen LogP contribution in [0.25, 0.3) is 5.76 Å². The van der Waals surface area contributed by atoms with Crippen molar-refractivity contribution in [3.63, 3.8) is 0 Å². The summed E-state index contributed by atoms with van der Waals surface area (Å²) in [6, 6.07) is 1.38. The van der Waals surface area contributed by atoms with Crippen LogP contribution in [0.2, 0.25) is 0 Å². The number of halogens is 6. The molecule has 268 valence electrons. The number of anilines is 3. The molecule has 50 heavy (non-hydrogen) atoms. The Labute approximate surface area is 286 Å². The zero-order valence-electron chi connectivity index (χ0n) is 26.8. The molecule has 0 aliphatic heterocycles. The summed E-state index contributed by atoms with van der Waals surface area (Å²) < 4.78 is 80.4. The van der Waals surface area contributed by atoms with Crippen molar-refractivity contribution in [3.8, 4) is 5.75 Å². The minimum Gasteiger partial charge on any atom is -0.510 e. The largest absolute Gasteiger partial charge is 0.510 e. The number of nitrogens with zero attached hydrogens (tertiary/aromatic N) is 2. The smallest absolute Gasteiger partial charge is 0.416 e. The number of likely N-dealkylation sites (N-methyl/N-ethyl adjacent to an activating group) is 1. The van der Waals surface area contributed by atoms with Crippen LogP contribution in [0.15, 0.2) is 41.2 Å². The number of rotatable bonds is 5. The van der Waals surface area contributed by atoms with Crippen LogP contribution in [0.5, 0.6) is 5.75 Å². The predicted octanol–water partition coefficient (Wildman–Crippen LogP) is 5.21. The lowest BCUT2D eigenvalue weighted by atomic mass is 9.59. The molecule has 11 nitrogen and oxygen atoms in total. The van der Waals surface area contributed by atoms with Crippen molar-refractivity contribution in [1.82, 2.24) is 4.90 Å². The highest BCUT2D eigenvalue weighted by atomic mass is 32.1. The summed E-state index contributed by atoms with van der Waals surface area (Å²) in [4.78, 5) is 29.6. The molecule has 8 N–H and O–H groups in total. The highest BCUT2D eigenvalue weighted by molar-refractivity contribution is 7.80. The Morgan fingerprint density at radius 2 is 1.56 bits per heavy atom. The number of hydrogen-bond acceptors (Lipinski definition) is 9. The Morgan fingerprint density at radius 1 is 0.980 bits per heavy atom. The second kappa shape index (κ2) is 12.5. The molecule has 1 amide bonds. The number of carbonyl (C=O) groups excluding carboxylic acids is 2. The summed E-state index contributed by atoms with van der Waals surface area (Å²) in [5.41, 5.74) is 0.993. The normalized spacial score (nSPS) is 22.2. The molecule has 0 spiro atoms. The Hall–Kier alpha value is -4.84. The Bertz CT molecular complexity index is 1870. The van der Waals surface area contributed by atoms with Crippen molar-refractivity contribution < 1.29 is 51.3 Å². The van der Waals surface area contributed by atoms with Gasteiger partial charge < -0.3 is 42.0 Å². The number of aliphatic hydroxyl groups is 2. The molecule has 0 radical (unpaired) electrons. The predicted molar refractivity (Wildman–Crippen MR) is 176 cm³/mol. The fourth-order valence-electron chi connectivity index (χ4n) is 7.17. The van der Waals surface area contributed by atoms with Gasteiger partial charge in [-0.05, 0) is 80.8 Å². The number of primary amides is 1. The molecular weight excluding hydrogens is 694 g/mol. The highest BCUT2D eigenvalue weighted by Gasteiger charge is 2.54. The van der Waals surface area contributed by atoms with Gasteiger partial charge in [0.05, 0.1) is 45.6 Å². The molecule has 3 aliphatic carbocycles. The number of allylic oxidation sites excluding steroid dienone is 1. The minimum absolute atomic E-state index is 0.0399. The van der Waals surface area contributed by atoms with Gasteiger partial charge in [0.2, 0.25) is 0 Å². The van der Waals surface area contributed by atoms with Gasteiger partial charge in [-0.15, -0.1) is 0 Å². The van der Waals surface area contributed by atoms with Gasteiger partial charge in [0, 0.05) is 31.0 Å². The van der Waals surface area contributed by atoms with Crippen molar-refractivity contribution in [3.05, 3.63) is 63.4 Å². The van der Waals surface area contributed by atoms with E-state index in [-0.39, 0.29) is 35.7 Å². The average Bonchev–Trinajstić information content (AvgIpc) is 2.96. The minimum atomic E-state index is -5.11. The number of carbonyl (C=O) groups is 2. The molecule has 0 aromatic heterocycles. The number of thiocarbonyl (C=S) groups is 1. The number of aromatic hydroxyl groups is 1. The van der Waals surface area contributed by atoms with Crippen molar-refractivity contribution in [1.29, 1.82) is 5.41 Å². The lowest BCUT2D eigenvalue weighted by Gasteiger charge is -2.47. The maximum atomic E-state index is 14.1. The fraction of sp³-hybridized carbons (Fsp3) is 0.375. The van der Waals surface area contributed by atoms with E-state index >= 15 is 0 Å². The summed E-state index contributed by atoms with van der Waals surface area (Å²) in [5.74, 6) is -6.07. The molecule has 1 fully saturated rings. The zero-order valence-corrected chi connectivity index (χ0v) is 27.7. The molecule has 2 aromatic carbocycles. The van der Waals surface area contributed by atoms with Crippen molar-refractivity contribution in [2.45, 2.75) is 31.2 Å². The number of phenolic OH excluding ortho intramolecular Hbond substituents is 1. The summed E-state index contributed by atoms with van der Waals surface area (Å²) >= 11 is 5.18. The van der Waals surface area contributed by atoms with Crippen LogP contribution in [-0.2, 0) is 28.4 Å². The number of nitrogens with two attached hydrogens (primary N) is 1. The second-order valence-electron chi connectivity index (χ2n) is 12.8. The third-order valence-electron chi connectivity index (χ3n) is 9.17. The topological polar surface area (TPSA) is 175 Å². The molecule has 0 saturated heterocycles. The number of benzene rings is 2. The van der Waals surface area contributed by atoms with Crippen LogP contribution in [0.3, 0.4) is 0 Å². The van der Waals surface area contributed by atoms with Crippen molar-refractivity contribution >= 4 is 57.6 Å². The first-order chi connectivity index (χ1) is 23.0. The third-order valence-corrected chi connectivity index (χ3v) is 9.37. The summed E-state index contributed by atoms with van der Waals surface area (Å²) in [6.07, 6.45) is -9.91. The summed E-state index contributed by atoms with van der Waals surface area (Å²) in [7, 11) is 6.55. The van der Waals surface area contributed by atoms with E-state index in [1.807, 2.05) is 0 Å². The van der Waals surface area contributed by atoms with Crippen LogP contribution in [0.4, 0.5) is 43.4 Å². The van der Waals surface area contributed by atoms with Gasteiger partial charge in [-0.1, -0.05) is 0 Å². The standard InChI is InChI=1S/C32H32F6N6O5S/c1-43(2)18-10-17(42-30(50)41-14-8-12(31(33,34)35)7-13(9-14)32(36,37)38)25(45)21-15(18)5-11-6-16-20(26(46)19(11)27(21)47)23(39)22(29(40)49)28(48)24(16)44(3)4/h7-11,16,20,24,39,45,47-48H,5-6H2,1-4H3,(H2,40,49)(H2,41,42,50). The van der Waals surface area contributed by atoms with Gasteiger partial charge in [-0.2, -0.15) is 26.3 Å². The van der Waals surface area contributed by atoms with E-state index in [0.717, 1.165) is 0 Å². The molecule has 4 atom stereocenters. The van der Waals surface area contributed by atoms with Crippen LogP contribution in [0.1, 0.15) is 28.7 Å². The Balaban J connectivity index is 1.56. The lowest BCUT2D eigenvalue weighted by Crippen LogP contribution is -2.55. The van der Waals surface area contributed by atoms with Gasteiger partial charge in [-0.3, -0.25) is 14.5 Å². The second-order valence-corrected chi connectivity index (χ2v) is 13.2. The quantitative estimate of drug-likeness (QED) is 0.123. The number of alkyl halides is 6. The number of amides is 1. The number of phenols is 1. The number of nitrogens with one attached hydrogen (secondary N) is 3. The first-order valence-electron chi connectivity index (χ1n) is 14.9. The van der Waals surface area contributed by atoms with Crippen molar-refractivity contribution in [2.24, 2.45) is 23.5 Å². The van der Waals surface area contributed by atoms with E-state index in [1.54, 1.807) is 38.0 Å². The van der Waals surface area contributed by atoms with Gasteiger partial charge in [0.1, 0.15) is 17.3 Å². The molecule has 4 unspecified atom stereocenters. The number of hydrogen-bond donors (Lipinski definition) is 7. The molecule has 5 rings (SSSR count). The summed E-state index contributed by atoms with van der Waals surface area (Å²) in [6.45, 7) is 0. The van der Waals surface area contributed by atoms with Gasteiger partial charge in [0.15, 0.2) is 10.9 Å². The monoisotopic (exact) mass is 726 g/mol. The van der Waals surface area contributed by atoms with E-state index in [0.29, 0.717) is 23.4 Å². The van der Waals surface area contributed by atoms with Gasteiger partial charge in [-0.25, -0.2) is 0 Å². The zero-order chi connectivity index (χ0) is 37.4. The van der Waals surface area contributed by atoms with E-state index in [1.165, 1.54) is 6.07 Å². The molecular formula is C32H32F6N6O5S. The Kier molecular flexibility index (Phi) is 9.10. The molecule has 1 saturated carbocycles. The molecule has 0 heterocycles. The summed E-state index contributed by atoms with van der Waals surface area (Å²) in [5, 5.41) is 47.1. The van der Waals surface area contributed by atoms with E-state index in [4.69, 9.17) is 23.4 Å². The van der Waals surface area contributed by atoms with Crippen LogP contribution in [-0.4, -0.2) is 77.0 Å². The molecule has 3 aliphatic rings. The molecule has 2 aromatic rings. The van der Waals surface area contributed by atoms with Gasteiger partial charge in [0.25, 0.3) is 5.91 Å². The first kappa shape index (κ1) is 36.4. The van der Waals surface area contributed by atoms with Gasteiger partial charge >= 0.3 is 12.4 Å². The van der Waals surface area contributed by atoms with Crippen LogP contribution >= 0.6 is 12.2 Å². The van der Waals surface area contributed by atoms with E-state index in [9.17, 15) is 51.3 Å². The number of ketones is 1. The first-order valence-corrected chi connectivity index (χ1v) is 15.3. The number of Topliss-reactive ketones (excluding diaryl/α,β-unsaturated/α-hetero) is 1. The third kappa shape index (κ3) is 6.21. The van der Waals surface area contributed by atoms with E-state index in [2.05, 4.69) is 10.6 Å². The lowest BCUT2D eigenvalue weighted by molar-refractivity contribution is -0.143. The SMILES string of the molecule is CN(C)c1cc(NC(=S)Nc2cc(C(F)(F)F)cc(C(F)(F)F)c2)c(O)c2c1CC1CC3C(C(=N)C(C(N)=O)=C(O)C3N(C)C)C(=O)C1=C2O. The van der Waals surface area contributed by atoms with Crippen LogP contribution in [0, 0.1) is 23.2 Å². The molecule has 0 bridgehead atoms. The molecule has 18 heteroatoms. The maximum Gasteiger partial charge on any atom is 0.416 e. The maximum absolute atomic E-state index is 14.1. The Morgan fingerprint density at radius 3 is 2.06 bits per heavy atom. The fourth-order valence-corrected chi connectivity index (χ4v) is 7.40. The average molecular weight is 727 g/mol. The highest BCUT2D eigenvalue weighted by Crippen LogP contribution is 2.53. The number of aliphatic hydroxyl groups excluding tert-OH is 2. The van der Waals surface area contributed by atoms with Crippen LogP contribution < -0.4 is 21.3 Å². The van der Waals surface area contributed by atoms with Crippen molar-refractivity contribution in [2.75, 3.05) is 43.7 Å².